The molecule has 100 valence electrons. The highest BCUT2D eigenvalue weighted by molar-refractivity contribution is 9.11. The van der Waals surface area contributed by atoms with E-state index in [0.717, 1.165) is 26.3 Å². The number of hydrogen-bond donors (Lipinski definition) is 0. The van der Waals surface area contributed by atoms with E-state index in [-0.39, 0.29) is 6.29 Å². The van der Waals surface area contributed by atoms with Crippen molar-refractivity contribution in [2.75, 3.05) is 19.8 Å². The van der Waals surface area contributed by atoms with Crippen LogP contribution in [0.5, 0.6) is 0 Å². The van der Waals surface area contributed by atoms with Gasteiger partial charge >= 0.3 is 0 Å². The average Bonchev–Trinajstić information content (AvgIpc) is 3.02. The lowest BCUT2D eigenvalue weighted by Gasteiger charge is -2.37. The van der Waals surface area contributed by atoms with Crippen molar-refractivity contribution in [2.24, 2.45) is 0 Å². The van der Waals surface area contributed by atoms with Crippen LogP contribution in [0.4, 0.5) is 0 Å². The van der Waals surface area contributed by atoms with Crippen LogP contribution in [0.25, 0.3) is 0 Å². The standard InChI is InChI=1S/C13H18BrNO2S/c14-12-5-4-10(18-12)9-15-6-2-1-3-11(15)13-16-7-8-17-13/h4-5,11,13H,1-3,6-9H2. The molecule has 1 atom stereocenters. The fourth-order valence-electron chi connectivity index (χ4n) is 2.76. The summed E-state index contributed by atoms with van der Waals surface area (Å²) in [5.74, 6) is 0. The normalized spacial score (nSPS) is 26.8. The summed E-state index contributed by atoms with van der Waals surface area (Å²) in [6, 6.07) is 4.76. The number of hydrogen-bond acceptors (Lipinski definition) is 4. The Balaban J connectivity index is 1.67. The van der Waals surface area contributed by atoms with Crippen LogP contribution in [-0.2, 0) is 16.0 Å². The molecule has 2 aliphatic rings. The van der Waals surface area contributed by atoms with E-state index in [0.29, 0.717) is 6.04 Å². The van der Waals surface area contributed by atoms with Gasteiger partial charge in [0.05, 0.1) is 23.0 Å². The van der Waals surface area contributed by atoms with E-state index in [1.165, 1.54) is 27.9 Å². The van der Waals surface area contributed by atoms with E-state index >= 15 is 0 Å². The third-order valence-corrected chi connectivity index (χ3v) is 5.22. The van der Waals surface area contributed by atoms with Crippen LogP contribution in [0.3, 0.4) is 0 Å². The summed E-state index contributed by atoms with van der Waals surface area (Å²) in [5, 5.41) is 0. The first-order valence-electron chi connectivity index (χ1n) is 6.54. The van der Waals surface area contributed by atoms with Gasteiger partial charge in [0.15, 0.2) is 6.29 Å². The fraction of sp³-hybridized carbons (Fsp3) is 0.692. The number of likely N-dealkylation sites (tertiary alicyclic amines) is 1. The summed E-state index contributed by atoms with van der Waals surface area (Å²) >= 11 is 5.35. The van der Waals surface area contributed by atoms with Crippen molar-refractivity contribution < 1.29 is 9.47 Å². The molecule has 18 heavy (non-hydrogen) atoms. The van der Waals surface area contributed by atoms with Gasteiger partial charge in [-0.15, -0.1) is 11.3 Å². The van der Waals surface area contributed by atoms with E-state index in [4.69, 9.17) is 9.47 Å². The van der Waals surface area contributed by atoms with Crippen molar-refractivity contribution in [3.05, 3.63) is 20.8 Å². The second-order valence-corrected chi connectivity index (χ2v) is 7.40. The Morgan fingerprint density at radius 3 is 2.83 bits per heavy atom. The molecule has 1 aromatic heterocycles. The maximum atomic E-state index is 5.70. The van der Waals surface area contributed by atoms with E-state index in [1.807, 2.05) is 11.3 Å². The van der Waals surface area contributed by atoms with Crippen molar-refractivity contribution in [1.29, 1.82) is 0 Å². The van der Waals surface area contributed by atoms with Crippen LogP contribution in [0.15, 0.2) is 15.9 Å². The van der Waals surface area contributed by atoms with Crippen LogP contribution in [-0.4, -0.2) is 37.0 Å². The lowest BCUT2D eigenvalue weighted by molar-refractivity contribution is -0.111. The molecule has 0 spiro atoms. The Labute approximate surface area is 120 Å². The van der Waals surface area contributed by atoms with Crippen LogP contribution >= 0.6 is 27.3 Å². The number of rotatable bonds is 3. The molecule has 0 aliphatic carbocycles. The average molecular weight is 332 g/mol. The highest BCUT2D eigenvalue weighted by Gasteiger charge is 2.33. The first kappa shape index (κ1) is 13.1. The molecule has 0 aromatic carbocycles. The Hall–Kier alpha value is 0.0600. The number of halogens is 1. The minimum absolute atomic E-state index is 0.00583. The first-order chi connectivity index (χ1) is 8.83. The second kappa shape index (κ2) is 6.01. The van der Waals surface area contributed by atoms with Gasteiger partial charge in [-0.05, 0) is 47.4 Å². The largest absolute Gasteiger partial charge is 0.349 e. The number of nitrogens with zero attached hydrogens (tertiary/aromatic N) is 1. The lowest BCUT2D eigenvalue weighted by Crippen LogP contribution is -2.46. The van der Waals surface area contributed by atoms with Crippen LogP contribution in [0.1, 0.15) is 24.1 Å². The zero-order chi connectivity index (χ0) is 12.4. The molecule has 5 heteroatoms. The summed E-state index contributed by atoms with van der Waals surface area (Å²) in [6.45, 7) is 3.67. The zero-order valence-electron chi connectivity index (χ0n) is 10.3. The molecule has 1 aromatic rings. The third-order valence-electron chi connectivity index (χ3n) is 3.61. The number of ether oxygens (including phenoxy) is 2. The summed E-state index contributed by atoms with van der Waals surface area (Å²) < 4.78 is 12.6. The summed E-state index contributed by atoms with van der Waals surface area (Å²) in [6.07, 6.45) is 3.76. The van der Waals surface area contributed by atoms with E-state index in [1.54, 1.807) is 0 Å². The highest BCUT2D eigenvalue weighted by atomic mass is 79.9. The number of piperidine rings is 1. The number of thiophene rings is 1. The Kier molecular flexibility index (Phi) is 4.36. The molecule has 0 saturated carbocycles. The molecule has 0 bridgehead atoms. The predicted octanol–water partition coefficient (Wildman–Crippen LogP) is 3.24. The summed E-state index contributed by atoms with van der Waals surface area (Å²) in [7, 11) is 0. The van der Waals surface area contributed by atoms with Gasteiger partial charge in [0.2, 0.25) is 0 Å². The molecule has 0 N–H and O–H groups in total. The van der Waals surface area contributed by atoms with Crippen molar-refractivity contribution in [2.45, 2.75) is 38.1 Å². The molecule has 2 fully saturated rings. The van der Waals surface area contributed by atoms with Gasteiger partial charge in [-0.1, -0.05) is 6.42 Å². The molecule has 0 radical (unpaired) electrons. The van der Waals surface area contributed by atoms with Crippen LogP contribution in [0, 0.1) is 0 Å². The van der Waals surface area contributed by atoms with Gasteiger partial charge in [-0.2, -0.15) is 0 Å². The minimum Gasteiger partial charge on any atom is -0.349 e. The van der Waals surface area contributed by atoms with E-state index < -0.39 is 0 Å². The van der Waals surface area contributed by atoms with Crippen molar-refractivity contribution in [3.8, 4) is 0 Å². The molecule has 3 nitrogen and oxygen atoms in total. The van der Waals surface area contributed by atoms with Gasteiger partial charge in [0.1, 0.15) is 0 Å². The van der Waals surface area contributed by atoms with E-state index in [9.17, 15) is 0 Å². The Bertz CT molecular complexity index is 392. The third kappa shape index (κ3) is 2.96. The van der Waals surface area contributed by atoms with Crippen LogP contribution in [0.2, 0.25) is 0 Å². The predicted molar refractivity (Wildman–Crippen MR) is 75.8 cm³/mol. The van der Waals surface area contributed by atoms with Gasteiger partial charge < -0.3 is 9.47 Å². The first-order valence-corrected chi connectivity index (χ1v) is 8.15. The van der Waals surface area contributed by atoms with Gasteiger partial charge in [0, 0.05) is 11.4 Å². The van der Waals surface area contributed by atoms with Gasteiger partial charge in [0.25, 0.3) is 0 Å². The molecule has 2 saturated heterocycles. The topological polar surface area (TPSA) is 21.7 Å². The molecular weight excluding hydrogens is 314 g/mol. The van der Waals surface area contributed by atoms with Gasteiger partial charge in [-0.3, -0.25) is 4.90 Å². The minimum atomic E-state index is -0.00583. The van der Waals surface area contributed by atoms with Crippen molar-refractivity contribution in [1.82, 2.24) is 4.90 Å². The molecule has 0 amide bonds. The maximum Gasteiger partial charge on any atom is 0.173 e. The molecular formula is C13H18BrNO2S. The van der Waals surface area contributed by atoms with Gasteiger partial charge in [-0.25, -0.2) is 0 Å². The van der Waals surface area contributed by atoms with Crippen molar-refractivity contribution >= 4 is 27.3 Å². The molecule has 1 unspecified atom stereocenters. The Morgan fingerprint density at radius 2 is 2.11 bits per heavy atom. The zero-order valence-corrected chi connectivity index (χ0v) is 12.7. The fourth-order valence-corrected chi connectivity index (χ4v) is 4.27. The SMILES string of the molecule is Brc1ccc(CN2CCCCC2C2OCCO2)s1. The summed E-state index contributed by atoms with van der Waals surface area (Å²) in [5.41, 5.74) is 0. The van der Waals surface area contributed by atoms with E-state index in [2.05, 4.69) is 33.0 Å². The maximum absolute atomic E-state index is 5.70. The van der Waals surface area contributed by atoms with Crippen molar-refractivity contribution in [3.63, 3.8) is 0 Å². The Morgan fingerprint density at radius 1 is 1.28 bits per heavy atom. The lowest BCUT2D eigenvalue weighted by atomic mass is 10.0. The highest BCUT2D eigenvalue weighted by Crippen LogP contribution is 2.29. The molecule has 3 rings (SSSR count). The van der Waals surface area contributed by atoms with Crippen LogP contribution < -0.4 is 0 Å². The summed E-state index contributed by atoms with van der Waals surface area (Å²) in [4.78, 5) is 3.93. The smallest absolute Gasteiger partial charge is 0.173 e. The monoisotopic (exact) mass is 331 g/mol. The quantitative estimate of drug-likeness (QED) is 0.848. The second-order valence-electron chi connectivity index (χ2n) is 4.85. The molecule has 3 heterocycles. The molecule has 2 aliphatic heterocycles.